The molecule has 0 bridgehead atoms. The Morgan fingerprint density at radius 3 is 2.30 bits per heavy atom. The van der Waals surface area contributed by atoms with Gasteiger partial charge in [0.25, 0.3) is 5.56 Å². The van der Waals surface area contributed by atoms with Crippen LogP contribution in [0.1, 0.15) is 47.6 Å². The summed E-state index contributed by atoms with van der Waals surface area (Å²) < 4.78 is 13.4. The second-order valence-corrected chi connectivity index (χ2v) is 11.1. The van der Waals surface area contributed by atoms with Crippen molar-refractivity contribution >= 4 is 40.1 Å². The van der Waals surface area contributed by atoms with Gasteiger partial charge in [-0.3, -0.25) is 14.4 Å². The van der Waals surface area contributed by atoms with Gasteiger partial charge in [-0.1, -0.05) is 78.3 Å². The summed E-state index contributed by atoms with van der Waals surface area (Å²) in [5.74, 6) is -1.87. The van der Waals surface area contributed by atoms with Crippen molar-refractivity contribution in [1.82, 2.24) is 9.99 Å². The molecule has 5 aromatic rings. The molecule has 0 fully saturated rings. The smallest absolute Gasteiger partial charge is 0.303 e. The van der Waals surface area contributed by atoms with Crippen LogP contribution >= 0.6 is 11.6 Å². The Kier molecular flexibility index (Phi) is 8.09. The van der Waals surface area contributed by atoms with Crippen molar-refractivity contribution in [2.75, 3.05) is 0 Å². The molecule has 2 N–H and O–H groups in total. The van der Waals surface area contributed by atoms with E-state index in [2.05, 4.69) is 10.1 Å². The fraction of sp³-hybridized carbons (Fsp3) is 0.143. The topological polar surface area (TPSA) is 103 Å². The number of hydrogen-bond acceptors (Lipinski definition) is 4. The predicted octanol–water partition coefficient (Wildman–Crippen LogP) is 7.12. The Bertz CT molecular complexity index is 1960. The first kappa shape index (κ1) is 29.0. The van der Waals surface area contributed by atoms with Gasteiger partial charge in [0.1, 0.15) is 5.82 Å². The Labute approximate surface area is 257 Å². The van der Waals surface area contributed by atoms with Gasteiger partial charge in [-0.15, -0.1) is 0 Å². The number of benzene rings is 4. The van der Waals surface area contributed by atoms with Gasteiger partial charge >= 0.3 is 5.97 Å². The minimum absolute atomic E-state index is 0.239. The molecule has 220 valence electrons. The highest BCUT2D eigenvalue weighted by Crippen LogP contribution is 2.36. The minimum Gasteiger partial charge on any atom is -0.481 e. The molecular formula is C35H27ClFN3O4. The molecule has 9 heteroatoms. The fourth-order valence-electron chi connectivity index (χ4n) is 5.64. The summed E-state index contributed by atoms with van der Waals surface area (Å²) in [6.45, 7) is 0. The second kappa shape index (κ2) is 12.3. The van der Waals surface area contributed by atoms with Crippen molar-refractivity contribution < 1.29 is 19.1 Å². The van der Waals surface area contributed by atoms with E-state index in [9.17, 15) is 23.9 Å². The lowest BCUT2D eigenvalue weighted by Crippen LogP contribution is -2.27. The molecule has 2 heterocycles. The molecule has 44 heavy (non-hydrogen) atoms. The number of hydrogen-bond donors (Lipinski definition) is 2. The third kappa shape index (κ3) is 6.02. The highest BCUT2D eigenvalue weighted by molar-refractivity contribution is 6.31. The van der Waals surface area contributed by atoms with E-state index in [-0.39, 0.29) is 30.6 Å². The maximum atomic E-state index is 13.7. The number of aromatic amines is 1. The molecule has 0 saturated carbocycles. The molecule has 1 unspecified atom stereocenters. The quantitative estimate of drug-likeness (QED) is 0.196. The summed E-state index contributed by atoms with van der Waals surface area (Å²) in [6, 6.07) is 28.1. The molecule has 1 aromatic heterocycles. The van der Waals surface area contributed by atoms with Gasteiger partial charge in [0, 0.05) is 28.8 Å². The largest absolute Gasteiger partial charge is 0.481 e. The normalized spacial score (nSPS) is 14.5. The average molecular weight is 608 g/mol. The highest BCUT2D eigenvalue weighted by Gasteiger charge is 2.35. The molecule has 0 saturated heterocycles. The fourth-order valence-corrected chi connectivity index (χ4v) is 5.81. The summed E-state index contributed by atoms with van der Waals surface area (Å²) in [7, 11) is 0. The molecule has 1 aliphatic heterocycles. The first-order valence-corrected chi connectivity index (χ1v) is 14.5. The van der Waals surface area contributed by atoms with Crippen LogP contribution in [-0.4, -0.2) is 32.7 Å². The van der Waals surface area contributed by atoms with Crippen LogP contribution in [0, 0.1) is 5.82 Å². The molecule has 1 amide bonds. The van der Waals surface area contributed by atoms with E-state index < -0.39 is 17.9 Å². The summed E-state index contributed by atoms with van der Waals surface area (Å²) in [5, 5.41) is 16.5. The van der Waals surface area contributed by atoms with Crippen LogP contribution < -0.4 is 5.56 Å². The number of carboxylic acids is 1. The number of amides is 1. The van der Waals surface area contributed by atoms with E-state index in [1.807, 2.05) is 60.7 Å². The van der Waals surface area contributed by atoms with Crippen molar-refractivity contribution in [2.45, 2.75) is 31.7 Å². The second-order valence-electron chi connectivity index (χ2n) is 10.7. The summed E-state index contributed by atoms with van der Waals surface area (Å²) in [6.07, 6.45) is 0.0904. The predicted molar refractivity (Wildman–Crippen MR) is 168 cm³/mol. The molecule has 0 aliphatic carbocycles. The zero-order valence-corrected chi connectivity index (χ0v) is 24.2. The molecule has 1 atom stereocenters. The number of halogens is 2. The number of aliphatic carboxylic acids is 1. The summed E-state index contributed by atoms with van der Waals surface area (Å²) in [5.41, 5.74) is 5.28. The van der Waals surface area contributed by atoms with Crippen molar-refractivity contribution in [3.8, 4) is 11.1 Å². The number of nitrogens with one attached hydrogen (secondary N) is 1. The standard InChI is InChI=1S/C35H27ClFN3O4/c36-25-12-15-29-27(19-25)28(18-21-4-2-1-3-5-21)34(35(44)38-29)30-20-31(40(39-30)32(41)16-17-33(42)43)24-8-6-22(7-9-24)23-10-13-26(37)14-11-23/h1-15,19,31H,16-18,20H2,(H,38,44)(H,42,43). The van der Waals surface area contributed by atoms with E-state index in [1.165, 1.54) is 17.1 Å². The van der Waals surface area contributed by atoms with Crippen LogP contribution in [0.25, 0.3) is 22.0 Å². The third-order valence-corrected chi connectivity index (χ3v) is 8.02. The van der Waals surface area contributed by atoms with Gasteiger partial charge in [-0.25, -0.2) is 9.40 Å². The van der Waals surface area contributed by atoms with E-state index in [0.717, 1.165) is 33.2 Å². The van der Waals surface area contributed by atoms with Gasteiger partial charge in [0.2, 0.25) is 5.91 Å². The van der Waals surface area contributed by atoms with Gasteiger partial charge in [0.15, 0.2) is 0 Å². The Morgan fingerprint density at radius 1 is 0.932 bits per heavy atom. The number of carbonyl (C=O) groups excluding carboxylic acids is 1. The van der Waals surface area contributed by atoms with Gasteiger partial charge in [0.05, 0.1) is 23.7 Å². The molecule has 4 aromatic carbocycles. The monoisotopic (exact) mass is 607 g/mol. The lowest BCUT2D eigenvalue weighted by molar-refractivity contribution is -0.141. The number of carboxylic acid groups (broad SMARTS) is 1. The Balaban J connectivity index is 1.43. The molecule has 6 rings (SSSR count). The van der Waals surface area contributed by atoms with Crippen LogP contribution in [0.15, 0.2) is 107 Å². The van der Waals surface area contributed by atoms with E-state index in [1.54, 1.807) is 24.3 Å². The van der Waals surface area contributed by atoms with Crippen molar-refractivity contribution in [1.29, 1.82) is 0 Å². The van der Waals surface area contributed by atoms with Crippen LogP contribution in [0.4, 0.5) is 4.39 Å². The first-order valence-electron chi connectivity index (χ1n) is 14.1. The molecule has 0 radical (unpaired) electrons. The lowest BCUT2D eigenvalue weighted by atomic mass is 9.91. The van der Waals surface area contributed by atoms with E-state index in [4.69, 9.17) is 11.6 Å². The number of H-pyrrole nitrogens is 1. The number of rotatable bonds is 8. The zero-order valence-electron chi connectivity index (χ0n) is 23.5. The van der Waals surface area contributed by atoms with Crippen LogP contribution in [0.3, 0.4) is 0 Å². The average Bonchev–Trinajstić information content (AvgIpc) is 3.46. The number of pyridine rings is 1. The molecular weight excluding hydrogens is 581 g/mol. The van der Waals surface area contributed by atoms with Crippen molar-refractivity contribution in [3.63, 3.8) is 0 Å². The van der Waals surface area contributed by atoms with Gasteiger partial charge in [-0.2, -0.15) is 5.10 Å². The van der Waals surface area contributed by atoms with Crippen LogP contribution in [0.2, 0.25) is 5.02 Å². The maximum absolute atomic E-state index is 13.7. The number of nitrogens with zero attached hydrogens (tertiary/aromatic N) is 2. The highest BCUT2D eigenvalue weighted by atomic mass is 35.5. The number of aromatic nitrogens is 1. The molecule has 7 nitrogen and oxygen atoms in total. The van der Waals surface area contributed by atoms with Crippen LogP contribution in [0.5, 0.6) is 0 Å². The zero-order chi connectivity index (χ0) is 30.8. The first-order chi connectivity index (χ1) is 21.3. The molecule has 0 spiro atoms. The SMILES string of the molecule is O=C(O)CCC(=O)N1N=C(c2c(Cc3ccccc3)c3cc(Cl)ccc3[nH]c2=O)CC1c1ccc(-c2ccc(F)cc2)cc1. The van der Waals surface area contributed by atoms with Crippen LogP contribution in [-0.2, 0) is 16.0 Å². The third-order valence-electron chi connectivity index (χ3n) is 7.79. The van der Waals surface area contributed by atoms with E-state index >= 15 is 0 Å². The van der Waals surface area contributed by atoms with Crippen molar-refractivity contribution in [2.24, 2.45) is 5.10 Å². The summed E-state index contributed by atoms with van der Waals surface area (Å²) >= 11 is 6.40. The summed E-state index contributed by atoms with van der Waals surface area (Å²) in [4.78, 5) is 41.3. The molecule has 1 aliphatic rings. The minimum atomic E-state index is -1.09. The van der Waals surface area contributed by atoms with Gasteiger partial charge in [-0.05, 0) is 64.6 Å². The lowest BCUT2D eigenvalue weighted by Gasteiger charge is -2.22. The van der Waals surface area contributed by atoms with Crippen molar-refractivity contribution in [3.05, 3.63) is 141 Å². The maximum Gasteiger partial charge on any atom is 0.303 e. The van der Waals surface area contributed by atoms with Gasteiger partial charge < -0.3 is 10.1 Å². The Hall–Kier alpha value is -5.08. The van der Waals surface area contributed by atoms with E-state index in [0.29, 0.717) is 28.2 Å². The number of fused-ring (bicyclic) bond motifs is 1. The number of carbonyl (C=O) groups is 2. The Morgan fingerprint density at radius 2 is 1.61 bits per heavy atom. The number of hydrazone groups is 1.